The van der Waals surface area contributed by atoms with Gasteiger partial charge in [0.1, 0.15) is 17.5 Å². The number of amides is 1. The molecule has 2 heterocycles. The van der Waals surface area contributed by atoms with E-state index in [-0.39, 0.29) is 17.4 Å². The maximum Gasteiger partial charge on any atom is 0.327 e. The third kappa shape index (κ3) is 1.42. The number of rotatable bonds is 1. The average molecular weight is 233 g/mol. The molecule has 0 aromatic heterocycles. The molecule has 2 aliphatic rings. The van der Waals surface area contributed by atoms with Gasteiger partial charge in [-0.25, -0.2) is 4.79 Å². The summed E-state index contributed by atoms with van der Waals surface area (Å²) in [5.74, 6) is -1.20. The Hall–Kier alpha value is -0.790. The Kier molecular flexibility index (Phi) is 2.75. The molecule has 2 aliphatic heterocycles. The highest BCUT2D eigenvalue weighted by Gasteiger charge is 2.62. The highest BCUT2D eigenvalue weighted by molar-refractivity contribution is 8.01. The molecule has 1 amide bonds. The Morgan fingerprint density at radius 3 is 2.60 bits per heavy atom. The van der Waals surface area contributed by atoms with Crippen molar-refractivity contribution in [3.8, 4) is 0 Å². The second kappa shape index (κ2) is 3.36. The molecule has 7 heteroatoms. The molecule has 86 valence electrons. The van der Waals surface area contributed by atoms with E-state index in [0.717, 1.165) is 0 Å². The summed E-state index contributed by atoms with van der Waals surface area (Å²) in [6.45, 7) is 3.66. The average Bonchev–Trinajstić information content (AvgIpc) is 2.34. The number of fused-ring (bicyclic) bond motifs is 1. The quantitative estimate of drug-likeness (QED) is 0.531. The lowest BCUT2D eigenvalue weighted by Crippen LogP contribution is -2.68. The first kappa shape index (κ1) is 12.3. The van der Waals surface area contributed by atoms with Crippen LogP contribution in [-0.2, 0) is 9.59 Å². The van der Waals surface area contributed by atoms with Gasteiger partial charge in [-0.15, -0.1) is 11.8 Å². The van der Waals surface area contributed by atoms with Gasteiger partial charge in [0.25, 0.3) is 0 Å². The maximum atomic E-state index is 11.4. The summed E-state index contributed by atoms with van der Waals surface area (Å²) >= 11 is 1.47. The standard InChI is InChI=1S/C8H12N2O3S.H3N/c1-8(2)4(7(12)13)10-5(11)3(9)6(10)14-8;/h3-4,6H,9H2,1-2H3,(H,12,13);1H3/t3-,4+,6-;/m1./s1. The number of aliphatic carboxylic acids is 1. The Bertz CT molecular complexity index is 320. The number of carbonyl (C=O) groups is 2. The van der Waals surface area contributed by atoms with Gasteiger partial charge in [-0.2, -0.15) is 0 Å². The lowest BCUT2D eigenvalue weighted by atomic mass is 9.96. The van der Waals surface area contributed by atoms with Crippen LogP contribution in [-0.4, -0.2) is 44.1 Å². The molecule has 0 radical (unpaired) electrons. The van der Waals surface area contributed by atoms with Gasteiger partial charge < -0.3 is 21.9 Å². The number of nitrogens with zero attached hydrogens (tertiary/aromatic N) is 1. The van der Waals surface area contributed by atoms with Crippen LogP contribution in [0.3, 0.4) is 0 Å². The third-order valence-corrected chi connectivity index (χ3v) is 4.31. The van der Waals surface area contributed by atoms with Crippen LogP contribution in [0.5, 0.6) is 0 Å². The van der Waals surface area contributed by atoms with Gasteiger partial charge in [-0.05, 0) is 13.8 Å². The molecular weight excluding hydrogens is 218 g/mol. The van der Waals surface area contributed by atoms with Crippen molar-refractivity contribution in [3.63, 3.8) is 0 Å². The normalized spacial score (nSPS) is 36.6. The molecule has 2 rings (SSSR count). The molecule has 6 N–H and O–H groups in total. The molecule has 3 atom stereocenters. The van der Waals surface area contributed by atoms with Crippen LogP contribution < -0.4 is 11.9 Å². The number of hydrogen-bond donors (Lipinski definition) is 3. The van der Waals surface area contributed by atoms with E-state index in [2.05, 4.69) is 0 Å². The van der Waals surface area contributed by atoms with Crippen LogP contribution in [0, 0.1) is 0 Å². The van der Waals surface area contributed by atoms with E-state index in [1.54, 1.807) is 0 Å². The molecule has 0 unspecified atom stereocenters. The molecule has 15 heavy (non-hydrogen) atoms. The van der Waals surface area contributed by atoms with E-state index in [4.69, 9.17) is 10.8 Å². The second-order valence-corrected chi connectivity index (χ2v) is 5.89. The van der Waals surface area contributed by atoms with E-state index >= 15 is 0 Å². The zero-order valence-electron chi connectivity index (χ0n) is 8.64. The van der Waals surface area contributed by atoms with Crippen molar-refractivity contribution in [1.82, 2.24) is 11.1 Å². The number of carboxylic acid groups (broad SMARTS) is 1. The molecule has 2 saturated heterocycles. The smallest absolute Gasteiger partial charge is 0.327 e. The fourth-order valence-electron chi connectivity index (χ4n) is 2.04. The van der Waals surface area contributed by atoms with E-state index in [1.807, 2.05) is 13.8 Å². The molecule has 6 nitrogen and oxygen atoms in total. The zero-order chi connectivity index (χ0) is 10.7. The van der Waals surface area contributed by atoms with Crippen molar-refractivity contribution in [2.45, 2.75) is 36.1 Å². The van der Waals surface area contributed by atoms with Crippen molar-refractivity contribution < 1.29 is 14.7 Å². The molecular formula is C8H15N3O3S. The fraction of sp³-hybridized carbons (Fsp3) is 0.750. The van der Waals surface area contributed by atoms with Gasteiger partial charge in [0.05, 0.1) is 0 Å². The predicted molar refractivity (Wildman–Crippen MR) is 56.7 cm³/mol. The first-order chi connectivity index (χ1) is 6.36. The van der Waals surface area contributed by atoms with Gasteiger partial charge >= 0.3 is 5.97 Å². The predicted octanol–water partition coefficient (Wildman–Crippen LogP) is -0.377. The first-order valence-electron chi connectivity index (χ1n) is 4.34. The second-order valence-electron chi connectivity index (χ2n) is 4.12. The van der Waals surface area contributed by atoms with Crippen LogP contribution in [0.15, 0.2) is 0 Å². The highest BCUT2D eigenvalue weighted by Crippen LogP contribution is 2.50. The number of carboxylic acids is 1. The molecule has 0 aromatic carbocycles. The summed E-state index contributed by atoms with van der Waals surface area (Å²) < 4.78 is -0.458. The van der Waals surface area contributed by atoms with Crippen LogP contribution in [0.25, 0.3) is 0 Å². The van der Waals surface area contributed by atoms with Crippen molar-refractivity contribution in [1.29, 1.82) is 0 Å². The van der Waals surface area contributed by atoms with Crippen molar-refractivity contribution in [2.24, 2.45) is 5.73 Å². The van der Waals surface area contributed by atoms with Crippen LogP contribution in [0.2, 0.25) is 0 Å². The lowest BCUT2D eigenvalue weighted by molar-refractivity contribution is -0.159. The topological polar surface area (TPSA) is 119 Å². The minimum atomic E-state index is -0.953. The van der Waals surface area contributed by atoms with Gasteiger partial charge in [0, 0.05) is 4.75 Å². The summed E-state index contributed by atoms with van der Waals surface area (Å²) in [7, 11) is 0. The summed E-state index contributed by atoms with van der Waals surface area (Å²) in [6, 6.07) is -1.27. The number of thioether (sulfide) groups is 1. The third-order valence-electron chi connectivity index (χ3n) is 2.72. The van der Waals surface area contributed by atoms with Crippen LogP contribution in [0.1, 0.15) is 13.8 Å². The Morgan fingerprint density at radius 1 is 1.60 bits per heavy atom. The van der Waals surface area contributed by atoms with Crippen molar-refractivity contribution >= 4 is 23.6 Å². The van der Waals surface area contributed by atoms with E-state index < -0.39 is 22.8 Å². The molecule has 0 aliphatic carbocycles. The Balaban J connectivity index is 0.00000112. The van der Waals surface area contributed by atoms with E-state index in [0.29, 0.717) is 0 Å². The van der Waals surface area contributed by atoms with Crippen LogP contribution >= 0.6 is 11.8 Å². The van der Waals surface area contributed by atoms with Gasteiger partial charge in [0.15, 0.2) is 0 Å². The van der Waals surface area contributed by atoms with E-state index in [1.165, 1.54) is 16.7 Å². The summed E-state index contributed by atoms with van der Waals surface area (Å²) in [5.41, 5.74) is 5.59. The SMILES string of the molecule is CC1(C)S[C@@H]2[C@H](N)C(=O)N2[C@H]1C(=O)O.N. The summed E-state index contributed by atoms with van der Waals surface area (Å²) in [4.78, 5) is 23.8. The Labute approximate surface area is 91.8 Å². The number of nitrogens with two attached hydrogens (primary N) is 1. The molecule has 0 spiro atoms. The zero-order valence-corrected chi connectivity index (χ0v) is 9.45. The van der Waals surface area contributed by atoms with Crippen molar-refractivity contribution in [2.75, 3.05) is 0 Å². The molecule has 0 saturated carbocycles. The monoisotopic (exact) mass is 233 g/mol. The van der Waals surface area contributed by atoms with Crippen LogP contribution in [0.4, 0.5) is 0 Å². The van der Waals surface area contributed by atoms with Gasteiger partial charge in [-0.1, -0.05) is 0 Å². The van der Waals surface area contributed by atoms with Crippen molar-refractivity contribution in [3.05, 3.63) is 0 Å². The van der Waals surface area contributed by atoms with E-state index in [9.17, 15) is 9.59 Å². The molecule has 0 aromatic rings. The lowest BCUT2D eigenvalue weighted by Gasteiger charge is -2.41. The summed E-state index contributed by atoms with van der Waals surface area (Å²) in [5, 5.41) is 8.87. The molecule has 0 bridgehead atoms. The summed E-state index contributed by atoms with van der Waals surface area (Å²) in [6.07, 6.45) is 0. The number of carbonyl (C=O) groups excluding carboxylic acids is 1. The first-order valence-corrected chi connectivity index (χ1v) is 5.22. The molecule has 2 fully saturated rings. The number of hydrogen-bond acceptors (Lipinski definition) is 5. The fourth-order valence-corrected chi connectivity index (χ4v) is 3.61. The van der Waals surface area contributed by atoms with Gasteiger partial charge in [-0.3, -0.25) is 4.79 Å². The van der Waals surface area contributed by atoms with Gasteiger partial charge in [0.2, 0.25) is 5.91 Å². The highest BCUT2D eigenvalue weighted by atomic mass is 32.2. The number of β-lactam (4-membered cyclic amide) rings is 1. The largest absolute Gasteiger partial charge is 0.480 e. The Morgan fingerprint density at radius 2 is 2.13 bits per heavy atom. The minimum absolute atomic E-state index is 0. The minimum Gasteiger partial charge on any atom is -0.480 e. The maximum absolute atomic E-state index is 11.4.